The van der Waals surface area contributed by atoms with E-state index in [1.807, 2.05) is 0 Å². The number of anilines is 2. The number of aromatic nitrogens is 1. The minimum absolute atomic E-state index is 0.0220. The Morgan fingerprint density at radius 3 is 2.71 bits per heavy atom. The molecular formula is C9H8FN3O3S. The highest BCUT2D eigenvalue weighted by Crippen LogP contribution is 2.21. The molecule has 6 nitrogen and oxygen atoms in total. The molecule has 0 aliphatic carbocycles. The van der Waals surface area contributed by atoms with E-state index in [0.717, 1.165) is 18.2 Å². The first-order chi connectivity index (χ1) is 7.99. The lowest BCUT2D eigenvalue weighted by Gasteiger charge is -2.07. The fraction of sp³-hybridized carbons (Fsp3) is 0. The zero-order valence-corrected chi connectivity index (χ0v) is 9.24. The largest absolute Gasteiger partial charge is 0.398 e. The molecule has 1 aromatic carbocycles. The van der Waals surface area contributed by atoms with E-state index in [-0.39, 0.29) is 16.4 Å². The van der Waals surface area contributed by atoms with Gasteiger partial charge < -0.3 is 10.3 Å². The van der Waals surface area contributed by atoms with Gasteiger partial charge in [0.1, 0.15) is 17.0 Å². The van der Waals surface area contributed by atoms with E-state index in [1.54, 1.807) is 0 Å². The molecular weight excluding hydrogens is 249 g/mol. The van der Waals surface area contributed by atoms with Crippen molar-refractivity contribution in [3.63, 3.8) is 0 Å². The normalized spacial score (nSPS) is 11.4. The summed E-state index contributed by atoms with van der Waals surface area (Å²) >= 11 is 0. The van der Waals surface area contributed by atoms with E-state index < -0.39 is 15.8 Å². The summed E-state index contributed by atoms with van der Waals surface area (Å²) in [5.74, 6) is -0.586. The summed E-state index contributed by atoms with van der Waals surface area (Å²) in [6.45, 7) is 0. The van der Waals surface area contributed by atoms with Crippen molar-refractivity contribution in [3.8, 4) is 0 Å². The van der Waals surface area contributed by atoms with E-state index in [0.29, 0.717) is 0 Å². The van der Waals surface area contributed by atoms with Gasteiger partial charge in [-0.3, -0.25) is 4.72 Å². The first kappa shape index (κ1) is 11.4. The Morgan fingerprint density at radius 1 is 1.35 bits per heavy atom. The number of nitrogens with zero attached hydrogens (tertiary/aromatic N) is 1. The summed E-state index contributed by atoms with van der Waals surface area (Å²) in [5, 5.41) is 3.39. The van der Waals surface area contributed by atoms with Crippen LogP contribution in [-0.2, 0) is 10.0 Å². The maximum Gasteiger partial charge on any atom is 0.265 e. The van der Waals surface area contributed by atoms with Gasteiger partial charge in [-0.2, -0.15) is 0 Å². The second-order valence-electron chi connectivity index (χ2n) is 3.17. The number of hydrogen-bond donors (Lipinski definition) is 2. The lowest BCUT2D eigenvalue weighted by atomic mass is 10.3. The molecule has 1 heterocycles. The Kier molecular flexibility index (Phi) is 2.72. The highest BCUT2D eigenvalue weighted by molar-refractivity contribution is 7.92. The van der Waals surface area contributed by atoms with Crippen LogP contribution in [0.2, 0.25) is 0 Å². The quantitative estimate of drug-likeness (QED) is 0.805. The number of hydrogen-bond acceptors (Lipinski definition) is 5. The van der Waals surface area contributed by atoms with Crippen LogP contribution in [0.3, 0.4) is 0 Å². The average Bonchev–Trinajstić information content (AvgIpc) is 2.68. The second-order valence-corrected chi connectivity index (χ2v) is 4.82. The van der Waals surface area contributed by atoms with Crippen molar-refractivity contribution < 1.29 is 17.3 Å². The summed E-state index contributed by atoms with van der Waals surface area (Å²) in [7, 11) is -3.89. The minimum Gasteiger partial charge on any atom is -0.398 e. The van der Waals surface area contributed by atoms with Crippen molar-refractivity contribution in [1.82, 2.24) is 5.16 Å². The third-order valence-corrected chi connectivity index (χ3v) is 3.37. The van der Waals surface area contributed by atoms with E-state index in [4.69, 9.17) is 5.73 Å². The molecule has 0 spiro atoms. The molecule has 0 atom stereocenters. The second kappa shape index (κ2) is 4.06. The van der Waals surface area contributed by atoms with Crippen molar-refractivity contribution in [1.29, 1.82) is 0 Å². The van der Waals surface area contributed by atoms with E-state index in [2.05, 4.69) is 14.4 Å². The topological polar surface area (TPSA) is 98.2 Å². The summed E-state index contributed by atoms with van der Waals surface area (Å²) in [5.41, 5.74) is 5.25. The first-order valence-electron chi connectivity index (χ1n) is 4.47. The molecule has 0 bridgehead atoms. The maximum absolute atomic E-state index is 12.8. The summed E-state index contributed by atoms with van der Waals surface area (Å²) in [6, 6.07) is 4.34. The average molecular weight is 257 g/mol. The molecule has 0 fully saturated rings. The van der Waals surface area contributed by atoms with Crippen LogP contribution >= 0.6 is 0 Å². The molecule has 1 aromatic heterocycles. The van der Waals surface area contributed by atoms with Crippen LogP contribution in [0.1, 0.15) is 0 Å². The standard InChI is InChI=1S/C9H8FN3O3S/c10-6-1-2-8(7(11)5-6)17(14,15)13-9-3-4-16-12-9/h1-5H,11H2,(H,12,13). The predicted molar refractivity (Wildman–Crippen MR) is 58.1 cm³/mol. The third kappa shape index (κ3) is 2.36. The Labute approximate surface area is 96.3 Å². The van der Waals surface area contributed by atoms with Gasteiger partial charge >= 0.3 is 0 Å². The van der Waals surface area contributed by atoms with Crippen molar-refractivity contribution in [3.05, 3.63) is 36.3 Å². The number of rotatable bonds is 3. The van der Waals surface area contributed by atoms with Crippen LogP contribution < -0.4 is 10.5 Å². The van der Waals surface area contributed by atoms with Crippen LogP contribution in [0.15, 0.2) is 39.9 Å². The maximum atomic E-state index is 12.8. The number of benzene rings is 1. The molecule has 2 rings (SSSR count). The molecule has 90 valence electrons. The molecule has 2 aromatic rings. The number of nitrogen functional groups attached to an aromatic ring is 1. The summed E-state index contributed by atoms with van der Waals surface area (Å²) < 4.78 is 43.1. The fourth-order valence-corrected chi connectivity index (χ4v) is 2.33. The van der Waals surface area contributed by atoms with E-state index in [9.17, 15) is 12.8 Å². The van der Waals surface area contributed by atoms with Gasteiger partial charge in [0.15, 0.2) is 5.82 Å². The van der Waals surface area contributed by atoms with Gasteiger partial charge in [-0.05, 0) is 18.2 Å². The number of nitrogens with one attached hydrogen (secondary N) is 1. The molecule has 0 saturated carbocycles. The third-order valence-electron chi connectivity index (χ3n) is 1.94. The fourth-order valence-electron chi connectivity index (χ4n) is 1.22. The Bertz CT molecular complexity index is 625. The molecule has 0 radical (unpaired) electrons. The molecule has 0 aliphatic rings. The Morgan fingerprint density at radius 2 is 2.12 bits per heavy atom. The zero-order chi connectivity index (χ0) is 12.5. The SMILES string of the molecule is Nc1cc(F)ccc1S(=O)(=O)Nc1ccon1. The molecule has 3 N–H and O–H groups in total. The van der Waals surface area contributed by atoms with Crippen LogP contribution in [0.25, 0.3) is 0 Å². The number of sulfonamides is 1. The molecule has 0 unspecified atom stereocenters. The molecule has 8 heteroatoms. The number of nitrogens with two attached hydrogens (primary N) is 1. The first-order valence-corrected chi connectivity index (χ1v) is 5.95. The van der Waals surface area contributed by atoms with Crippen LogP contribution in [0, 0.1) is 5.82 Å². The molecule has 17 heavy (non-hydrogen) atoms. The van der Waals surface area contributed by atoms with Gasteiger partial charge in [-0.1, -0.05) is 5.16 Å². The highest BCUT2D eigenvalue weighted by atomic mass is 32.2. The predicted octanol–water partition coefficient (Wildman–Crippen LogP) is 1.20. The monoisotopic (exact) mass is 257 g/mol. The Balaban J connectivity index is 2.38. The van der Waals surface area contributed by atoms with Crippen LogP contribution in [-0.4, -0.2) is 13.6 Å². The minimum atomic E-state index is -3.89. The summed E-state index contributed by atoms with van der Waals surface area (Å²) in [4.78, 5) is -0.220. The molecule has 0 aliphatic heterocycles. The lowest BCUT2D eigenvalue weighted by Crippen LogP contribution is -2.15. The van der Waals surface area contributed by atoms with Gasteiger partial charge in [-0.15, -0.1) is 0 Å². The van der Waals surface area contributed by atoms with Gasteiger partial charge in [0.25, 0.3) is 10.0 Å². The van der Waals surface area contributed by atoms with Crippen molar-refractivity contribution in [2.45, 2.75) is 4.90 Å². The van der Waals surface area contributed by atoms with Crippen LogP contribution in [0.5, 0.6) is 0 Å². The lowest BCUT2D eigenvalue weighted by molar-refractivity contribution is 0.423. The van der Waals surface area contributed by atoms with Crippen LogP contribution in [0.4, 0.5) is 15.9 Å². The van der Waals surface area contributed by atoms with E-state index in [1.165, 1.54) is 12.3 Å². The number of halogens is 1. The smallest absolute Gasteiger partial charge is 0.265 e. The molecule has 0 saturated heterocycles. The van der Waals surface area contributed by atoms with Gasteiger partial charge in [0.05, 0.1) is 5.69 Å². The van der Waals surface area contributed by atoms with Gasteiger partial charge in [0, 0.05) is 6.07 Å². The Hall–Kier alpha value is -2.09. The molecule has 0 amide bonds. The van der Waals surface area contributed by atoms with Crippen molar-refractivity contribution in [2.24, 2.45) is 0 Å². The highest BCUT2D eigenvalue weighted by Gasteiger charge is 2.18. The van der Waals surface area contributed by atoms with Crippen molar-refractivity contribution >= 4 is 21.5 Å². The van der Waals surface area contributed by atoms with E-state index >= 15 is 0 Å². The summed E-state index contributed by atoms with van der Waals surface area (Å²) in [6.07, 6.45) is 1.21. The van der Waals surface area contributed by atoms with Crippen molar-refractivity contribution in [2.75, 3.05) is 10.5 Å². The van der Waals surface area contributed by atoms with Gasteiger partial charge in [-0.25, -0.2) is 12.8 Å². The zero-order valence-electron chi connectivity index (χ0n) is 8.42. The van der Waals surface area contributed by atoms with Gasteiger partial charge in [0.2, 0.25) is 0 Å².